The number of aromatic nitrogens is 3. The van der Waals surface area contributed by atoms with Gasteiger partial charge in [-0.2, -0.15) is 0 Å². The maximum absolute atomic E-state index is 10.3. The molecule has 2 heterocycles. The monoisotopic (exact) mass is 351 g/mol. The Morgan fingerprint density at radius 1 is 1.00 bits per heavy atom. The normalized spacial score (nSPS) is 12.5. The van der Waals surface area contributed by atoms with Gasteiger partial charge in [0.2, 0.25) is 0 Å². The number of aliphatic hydroxyl groups excluding tert-OH is 1. The molecule has 0 aliphatic heterocycles. The highest BCUT2D eigenvalue weighted by Gasteiger charge is 2.11. The summed E-state index contributed by atoms with van der Waals surface area (Å²) in [5, 5.41) is 21.4. The Morgan fingerprint density at radius 3 is 2.80 bits per heavy atom. The standard InChI is InChI=1S/C19H17N3O2S/c23-15(13-25-19-21-20-18-10-3-4-11-22(18)19)12-24-17-9-5-7-14-6-1-2-8-16(14)17/h1-11,15,23H,12-13H2. The van der Waals surface area contributed by atoms with Crippen LogP contribution in [0.5, 0.6) is 5.75 Å². The molecule has 5 nitrogen and oxygen atoms in total. The van der Waals surface area contributed by atoms with Crippen LogP contribution in [-0.4, -0.2) is 38.2 Å². The first-order chi connectivity index (χ1) is 12.3. The number of rotatable bonds is 6. The lowest BCUT2D eigenvalue weighted by Gasteiger charge is -2.13. The molecule has 25 heavy (non-hydrogen) atoms. The lowest BCUT2D eigenvalue weighted by Crippen LogP contribution is -2.20. The molecule has 1 N–H and O–H groups in total. The number of aliphatic hydroxyl groups is 1. The maximum atomic E-state index is 10.3. The van der Waals surface area contributed by atoms with Gasteiger partial charge in [0.05, 0.1) is 6.10 Å². The largest absolute Gasteiger partial charge is 0.490 e. The molecule has 0 aliphatic carbocycles. The van der Waals surface area contributed by atoms with Crippen molar-refractivity contribution in [3.05, 3.63) is 66.9 Å². The van der Waals surface area contributed by atoms with E-state index in [4.69, 9.17) is 4.74 Å². The fraction of sp³-hybridized carbons (Fsp3) is 0.158. The van der Waals surface area contributed by atoms with E-state index >= 15 is 0 Å². The number of ether oxygens (including phenoxy) is 1. The molecule has 1 unspecified atom stereocenters. The Kier molecular flexibility index (Phi) is 4.54. The highest BCUT2D eigenvalue weighted by Crippen LogP contribution is 2.25. The molecule has 0 saturated heterocycles. The van der Waals surface area contributed by atoms with Gasteiger partial charge in [0.1, 0.15) is 12.4 Å². The molecule has 1 atom stereocenters. The minimum atomic E-state index is -0.597. The average Bonchev–Trinajstić information content (AvgIpc) is 3.08. The molecule has 6 heteroatoms. The van der Waals surface area contributed by atoms with Gasteiger partial charge in [-0.25, -0.2) is 0 Å². The average molecular weight is 351 g/mol. The summed E-state index contributed by atoms with van der Waals surface area (Å²) in [7, 11) is 0. The summed E-state index contributed by atoms with van der Waals surface area (Å²) in [5.41, 5.74) is 0.798. The summed E-state index contributed by atoms with van der Waals surface area (Å²) in [6.45, 7) is 0.234. The van der Waals surface area contributed by atoms with E-state index in [-0.39, 0.29) is 6.61 Å². The Morgan fingerprint density at radius 2 is 1.84 bits per heavy atom. The number of thioether (sulfide) groups is 1. The molecule has 126 valence electrons. The second-order valence-electron chi connectivity index (χ2n) is 5.66. The van der Waals surface area contributed by atoms with Gasteiger partial charge >= 0.3 is 0 Å². The molecular weight excluding hydrogens is 334 g/mol. The van der Waals surface area contributed by atoms with Crippen molar-refractivity contribution in [2.24, 2.45) is 0 Å². The molecule has 2 aromatic carbocycles. The van der Waals surface area contributed by atoms with Crippen molar-refractivity contribution in [2.75, 3.05) is 12.4 Å². The van der Waals surface area contributed by atoms with Crippen LogP contribution in [-0.2, 0) is 0 Å². The van der Waals surface area contributed by atoms with E-state index in [0.717, 1.165) is 27.3 Å². The summed E-state index contributed by atoms with van der Waals surface area (Å²) in [4.78, 5) is 0. The summed E-state index contributed by atoms with van der Waals surface area (Å²) in [6, 6.07) is 19.7. The van der Waals surface area contributed by atoms with E-state index in [9.17, 15) is 5.11 Å². The number of benzene rings is 2. The van der Waals surface area contributed by atoms with Crippen molar-refractivity contribution in [2.45, 2.75) is 11.3 Å². The Bertz CT molecular complexity index is 997. The number of fused-ring (bicyclic) bond motifs is 2. The van der Waals surface area contributed by atoms with E-state index in [2.05, 4.69) is 10.2 Å². The van der Waals surface area contributed by atoms with E-state index in [0.29, 0.717) is 5.75 Å². The van der Waals surface area contributed by atoms with Crippen LogP contribution in [0.1, 0.15) is 0 Å². The zero-order valence-corrected chi connectivity index (χ0v) is 14.3. The van der Waals surface area contributed by atoms with E-state index in [1.807, 2.05) is 71.3 Å². The van der Waals surface area contributed by atoms with Crippen molar-refractivity contribution in [3.8, 4) is 5.75 Å². The molecule has 0 spiro atoms. The van der Waals surface area contributed by atoms with Crippen LogP contribution < -0.4 is 4.74 Å². The summed E-state index contributed by atoms with van der Waals surface area (Å²) in [5.74, 6) is 1.27. The number of nitrogens with zero attached hydrogens (tertiary/aromatic N) is 3. The second kappa shape index (κ2) is 7.13. The van der Waals surface area contributed by atoms with Crippen LogP contribution in [0.3, 0.4) is 0 Å². The van der Waals surface area contributed by atoms with Crippen molar-refractivity contribution in [1.29, 1.82) is 0 Å². The van der Waals surface area contributed by atoms with Crippen LogP contribution in [0, 0.1) is 0 Å². The van der Waals surface area contributed by atoms with Crippen LogP contribution in [0.15, 0.2) is 72.0 Å². The quantitative estimate of drug-likeness (QED) is 0.540. The first-order valence-corrected chi connectivity index (χ1v) is 9.01. The van der Waals surface area contributed by atoms with Crippen LogP contribution in [0.4, 0.5) is 0 Å². The number of hydrogen-bond donors (Lipinski definition) is 1. The molecule has 0 fully saturated rings. The van der Waals surface area contributed by atoms with Gasteiger partial charge in [-0.1, -0.05) is 54.2 Å². The third-order valence-electron chi connectivity index (χ3n) is 3.87. The van der Waals surface area contributed by atoms with Crippen molar-refractivity contribution < 1.29 is 9.84 Å². The van der Waals surface area contributed by atoms with Crippen LogP contribution in [0.25, 0.3) is 16.4 Å². The Labute approximate surface area is 149 Å². The number of hydrogen-bond acceptors (Lipinski definition) is 5. The molecule has 0 bridgehead atoms. The van der Waals surface area contributed by atoms with E-state index < -0.39 is 6.10 Å². The Balaban J connectivity index is 1.38. The lowest BCUT2D eigenvalue weighted by atomic mass is 10.1. The second-order valence-corrected chi connectivity index (χ2v) is 6.65. The van der Waals surface area contributed by atoms with Crippen molar-refractivity contribution >= 4 is 28.2 Å². The van der Waals surface area contributed by atoms with Gasteiger partial charge < -0.3 is 9.84 Å². The van der Waals surface area contributed by atoms with Crippen LogP contribution in [0.2, 0.25) is 0 Å². The van der Waals surface area contributed by atoms with Gasteiger partial charge in [0.15, 0.2) is 10.8 Å². The Hall–Kier alpha value is -2.57. The molecule has 0 radical (unpaired) electrons. The third-order valence-corrected chi connectivity index (χ3v) is 4.96. The molecule has 0 amide bonds. The van der Waals surface area contributed by atoms with Crippen LogP contribution >= 0.6 is 11.8 Å². The topological polar surface area (TPSA) is 59.7 Å². The summed E-state index contributed by atoms with van der Waals surface area (Å²) < 4.78 is 7.74. The van der Waals surface area contributed by atoms with Crippen molar-refractivity contribution in [1.82, 2.24) is 14.6 Å². The smallest absolute Gasteiger partial charge is 0.195 e. The predicted molar refractivity (Wildman–Crippen MR) is 99.2 cm³/mol. The zero-order valence-electron chi connectivity index (χ0n) is 13.4. The fourth-order valence-corrected chi connectivity index (χ4v) is 3.47. The minimum Gasteiger partial charge on any atom is -0.490 e. The third kappa shape index (κ3) is 3.45. The molecule has 4 aromatic rings. The molecule has 0 aliphatic rings. The van der Waals surface area contributed by atoms with Gasteiger partial charge in [-0.05, 0) is 23.6 Å². The maximum Gasteiger partial charge on any atom is 0.195 e. The summed E-state index contributed by atoms with van der Waals surface area (Å²) >= 11 is 1.46. The highest BCUT2D eigenvalue weighted by molar-refractivity contribution is 7.99. The highest BCUT2D eigenvalue weighted by atomic mass is 32.2. The predicted octanol–water partition coefficient (Wildman–Crippen LogP) is 3.41. The van der Waals surface area contributed by atoms with E-state index in [1.165, 1.54) is 11.8 Å². The molecular formula is C19H17N3O2S. The SMILES string of the molecule is OC(COc1cccc2ccccc12)CSc1nnc2ccccn12. The first kappa shape index (κ1) is 15.9. The molecule has 2 aromatic heterocycles. The zero-order chi connectivity index (χ0) is 17.1. The van der Waals surface area contributed by atoms with Gasteiger partial charge in [0, 0.05) is 17.3 Å². The van der Waals surface area contributed by atoms with Gasteiger partial charge in [-0.3, -0.25) is 4.40 Å². The fourth-order valence-electron chi connectivity index (χ4n) is 2.64. The minimum absolute atomic E-state index is 0.234. The lowest BCUT2D eigenvalue weighted by molar-refractivity contribution is 0.127. The van der Waals surface area contributed by atoms with E-state index in [1.54, 1.807) is 0 Å². The molecule has 4 rings (SSSR count). The number of pyridine rings is 1. The van der Waals surface area contributed by atoms with Gasteiger partial charge in [0.25, 0.3) is 0 Å². The first-order valence-electron chi connectivity index (χ1n) is 8.02. The summed E-state index contributed by atoms with van der Waals surface area (Å²) in [6.07, 6.45) is 1.32. The molecule has 0 saturated carbocycles. The van der Waals surface area contributed by atoms with Crippen molar-refractivity contribution in [3.63, 3.8) is 0 Å². The van der Waals surface area contributed by atoms with Gasteiger partial charge in [-0.15, -0.1) is 10.2 Å².